The normalized spacial score (nSPS) is 16.4. The number of sulfonamides is 1. The van der Waals surface area contributed by atoms with Gasteiger partial charge in [-0.1, -0.05) is 48.0 Å². The van der Waals surface area contributed by atoms with Crippen molar-refractivity contribution in [2.45, 2.75) is 25.8 Å². The van der Waals surface area contributed by atoms with Crippen LogP contribution in [0.4, 0.5) is 0 Å². The fraction of sp³-hybridized carbons (Fsp3) is 0.286. The Kier molecular flexibility index (Phi) is 6.49. The van der Waals surface area contributed by atoms with Crippen LogP contribution in [0, 0.1) is 6.92 Å². The Labute approximate surface area is 165 Å². The zero-order valence-corrected chi connectivity index (χ0v) is 16.5. The molecule has 2 aromatic carbocycles. The molecule has 0 aliphatic carbocycles. The highest BCUT2D eigenvalue weighted by Gasteiger charge is 2.22. The number of aryl methyl sites for hydroxylation is 1. The molecule has 0 fully saturated rings. The largest absolute Gasteiger partial charge is 0.493 e. The zero-order chi connectivity index (χ0) is 20.0. The summed E-state index contributed by atoms with van der Waals surface area (Å²) >= 11 is 0. The Morgan fingerprint density at radius 2 is 1.93 bits per heavy atom. The first-order valence-electron chi connectivity index (χ1n) is 9.18. The summed E-state index contributed by atoms with van der Waals surface area (Å²) in [6.45, 7) is 2.55. The molecule has 1 aliphatic heterocycles. The van der Waals surface area contributed by atoms with E-state index in [1.165, 1.54) is 6.08 Å². The van der Waals surface area contributed by atoms with Crippen molar-refractivity contribution in [1.82, 2.24) is 10.0 Å². The average molecular weight is 401 g/mol. The summed E-state index contributed by atoms with van der Waals surface area (Å²) in [5.41, 5.74) is 2.85. The molecule has 148 valence electrons. The molecule has 28 heavy (non-hydrogen) atoms. The molecule has 1 heterocycles. The lowest BCUT2D eigenvalue weighted by molar-refractivity contribution is -0.121. The lowest BCUT2D eigenvalue weighted by Gasteiger charge is -2.26. The van der Waals surface area contributed by atoms with Crippen LogP contribution in [-0.4, -0.2) is 27.5 Å². The van der Waals surface area contributed by atoms with Gasteiger partial charge in [0.25, 0.3) is 0 Å². The van der Waals surface area contributed by atoms with Crippen molar-refractivity contribution < 1.29 is 17.9 Å². The Bertz CT molecular complexity index is 953. The molecule has 0 spiro atoms. The SMILES string of the molecule is Cc1ccc(/C=C/S(=O)(=O)NCCC(=O)N[C@@H]2CCOc3ccccc32)cc1. The third-order valence-electron chi connectivity index (χ3n) is 4.47. The Morgan fingerprint density at radius 1 is 1.18 bits per heavy atom. The summed E-state index contributed by atoms with van der Waals surface area (Å²) in [4.78, 5) is 12.2. The lowest BCUT2D eigenvalue weighted by atomic mass is 10.0. The van der Waals surface area contributed by atoms with Gasteiger partial charge in [0.15, 0.2) is 0 Å². The molecule has 7 heteroatoms. The molecule has 0 aromatic heterocycles. The second kappa shape index (κ2) is 9.03. The monoisotopic (exact) mass is 400 g/mol. The molecule has 0 radical (unpaired) electrons. The van der Waals surface area contributed by atoms with E-state index in [9.17, 15) is 13.2 Å². The van der Waals surface area contributed by atoms with Crippen LogP contribution in [0.15, 0.2) is 53.9 Å². The molecule has 0 saturated heterocycles. The summed E-state index contributed by atoms with van der Waals surface area (Å²) in [5.74, 6) is 0.577. The van der Waals surface area contributed by atoms with Gasteiger partial charge in [-0.05, 0) is 24.6 Å². The van der Waals surface area contributed by atoms with Crippen LogP contribution < -0.4 is 14.8 Å². The first-order chi connectivity index (χ1) is 13.4. The molecule has 0 bridgehead atoms. The molecule has 3 rings (SSSR count). The summed E-state index contributed by atoms with van der Waals surface area (Å²) in [5, 5.41) is 4.07. The summed E-state index contributed by atoms with van der Waals surface area (Å²) in [7, 11) is -3.60. The number of ether oxygens (including phenoxy) is 1. The smallest absolute Gasteiger partial charge is 0.233 e. The molecule has 2 aromatic rings. The number of para-hydroxylation sites is 1. The second-order valence-electron chi connectivity index (χ2n) is 6.70. The lowest BCUT2D eigenvalue weighted by Crippen LogP contribution is -2.34. The molecule has 1 atom stereocenters. The minimum atomic E-state index is -3.60. The topological polar surface area (TPSA) is 84.5 Å². The van der Waals surface area contributed by atoms with E-state index < -0.39 is 10.0 Å². The molecular weight excluding hydrogens is 376 g/mol. The van der Waals surface area contributed by atoms with E-state index >= 15 is 0 Å². The Morgan fingerprint density at radius 3 is 2.71 bits per heavy atom. The number of benzene rings is 2. The van der Waals surface area contributed by atoms with Crippen molar-refractivity contribution in [3.8, 4) is 5.75 Å². The molecule has 6 nitrogen and oxygen atoms in total. The van der Waals surface area contributed by atoms with E-state index in [1.54, 1.807) is 0 Å². The maximum atomic E-state index is 12.2. The number of carbonyl (C=O) groups excluding carboxylic acids is 1. The highest BCUT2D eigenvalue weighted by atomic mass is 32.2. The van der Waals surface area contributed by atoms with Gasteiger partial charge >= 0.3 is 0 Å². The molecule has 0 unspecified atom stereocenters. The van der Waals surface area contributed by atoms with E-state index in [2.05, 4.69) is 10.0 Å². The average Bonchev–Trinajstić information content (AvgIpc) is 2.68. The van der Waals surface area contributed by atoms with Crippen LogP contribution in [0.5, 0.6) is 5.75 Å². The quantitative estimate of drug-likeness (QED) is 0.748. The third-order valence-corrected chi connectivity index (χ3v) is 5.57. The van der Waals surface area contributed by atoms with Crippen LogP contribution in [0.3, 0.4) is 0 Å². The van der Waals surface area contributed by atoms with Gasteiger partial charge in [0.2, 0.25) is 15.9 Å². The zero-order valence-electron chi connectivity index (χ0n) is 15.7. The standard InChI is InChI=1S/C21H24N2O4S/c1-16-6-8-17(9-7-16)12-15-28(25,26)22-13-10-21(24)23-19-11-14-27-20-5-3-2-4-18(19)20/h2-9,12,15,19,22H,10-11,13-14H2,1H3,(H,23,24)/b15-12+/t19-/m1/s1. The first kappa shape index (κ1) is 20.1. The van der Waals surface area contributed by atoms with Crippen molar-refractivity contribution in [2.24, 2.45) is 0 Å². The maximum absolute atomic E-state index is 12.2. The van der Waals surface area contributed by atoms with Crippen LogP contribution in [0.1, 0.15) is 35.6 Å². The molecule has 2 N–H and O–H groups in total. The van der Waals surface area contributed by atoms with Crippen molar-refractivity contribution >= 4 is 22.0 Å². The van der Waals surface area contributed by atoms with Gasteiger partial charge in [0.05, 0.1) is 12.6 Å². The van der Waals surface area contributed by atoms with Crippen molar-refractivity contribution in [1.29, 1.82) is 0 Å². The summed E-state index contributed by atoms with van der Waals surface area (Å²) in [6, 6.07) is 15.0. The predicted molar refractivity (Wildman–Crippen MR) is 109 cm³/mol. The number of rotatable bonds is 7. The van der Waals surface area contributed by atoms with Crippen molar-refractivity contribution in [3.05, 3.63) is 70.6 Å². The van der Waals surface area contributed by atoms with Crippen molar-refractivity contribution in [2.75, 3.05) is 13.2 Å². The van der Waals surface area contributed by atoms with Gasteiger partial charge in [-0.2, -0.15) is 0 Å². The number of fused-ring (bicyclic) bond motifs is 1. The van der Waals surface area contributed by atoms with Crippen molar-refractivity contribution in [3.63, 3.8) is 0 Å². The molecule has 1 amide bonds. The summed E-state index contributed by atoms with van der Waals surface area (Å²) in [6.07, 6.45) is 2.28. The van der Waals surface area contributed by atoms with Gasteiger partial charge in [-0.15, -0.1) is 0 Å². The Hall–Kier alpha value is -2.64. The number of amides is 1. The predicted octanol–water partition coefficient (Wildman–Crippen LogP) is 2.92. The number of hydrogen-bond donors (Lipinski definition) is 2. The van der Waals surface area contributed by atoms with E-state index in [0.29, 0.717) is 13.0 Å². The van der Waals surface area contributed by atoms with Gasteiger partial charge < -0.3 is 10.1 Å². The van der Waals surface area contributed by atoms with Crippen LogP contribution in [0.2, 0.25) is 0 Å². The number of nitrogens with one attached hydrogen (secondary N) is 2. The van der Waals surface area contributed by atoms with Gasteiger partial charge in [0.1, 0.15) is 5.75 Å². The molecule has 1 aliphatic rings. The van der Waals surface area contributed by atoms with Crippen LogP contribution >= 0.6 is 0 Å². The van der Waals surface area contributed by atoms with E-state index in [-0.39, 0.29) is 24.9 Å². The van der Waals surface area contributed by atoms with Gasteiger partial charge in [-0.25, -0.2) is 13.1 Å². The highest BCUT2D eigenvalue weighted by molar-refractivity contribution is 7.92. The fourth-order valence-electron chi connectivity index (χ4n) is 2.96. The number of hydrogen-bond acceptors (Lipinski definition) is 4. The third kappa shape index (κ3) is 5.68. The van der Waals surface area contributed by atoms with Crippen LogP contribution in [-0.2, 0) is 14.8 Å². The number of carbonyl (C=O) groups is 1. The maximum Gasteiger partial charge on any atom is 0.233 e. The second-order valence-corrected chi connectivity index (χ2v) is 8.35. The van der Waals surface area contributed by atoms with Gasteiger partial charge in [0, 0.05) is 30.4 Å². The first-order valence-corrected chi connectivity index (χ1v) is 10.7. The minimum absolute atomic E-state index is 0.0390. The minimum Gasteiger partial charge on any atom is -0.493 e. The summed E-state index contributed by atoms with van der Waals surface area (Å²) < 4.78 is 32.1. The Balaban J connectivity index is 1.48. The highest BCUT2D eigenvalue weighted by Crippen LogP contribution is 2.31. The van der Waals surface area contributed by atoms with E-state index in [4.69, 9.17) is 4.74 Å². The van der Waals surface area contributed by atoms with E-state index in [1.807, 2.05) is 55.5 Å². The fourth-order valence-corrected chi connectivity index (χ4v) is 3.78. The van der Waals surface area contributed by atoms with Gasteiger partial charge in [-0.3, -0.25) is 4.79 Å². The van der Waals surface area contributed by atoms with E-state index in [0.717, 1.165) is 27.8 Å². The van der Waals surface area contributed by atoms with Crippen LogP contribution in [0.25, 0.3) is 6.08 Å². The molecule has 0 saturated carbocycles. The molecular formula is C21H24N2O4S.